The molecule has 0 aliphatic rings. The van der Waals surface area contributed by atoms with Crippen molar-refractivity contribution in [1.82, 2.24) is 10.3 Å². The molecule has 0 unspecified atom stereocenters. The molecule has 0 fully saturated rings. The molecule has 0 aromatic carbocycles. The van der Waals surface area contributed by atoms with Crippen molar-refractivity contribution in [1.29, 1.82) is 0 Å². The largest absolute Gasteiger partial charge is 0.462 e. The third-order valence-electron chi connectivity index (χ3n) is 1.96. The van der Waals surface area contributed by atoms with Crippen LogP contribution in [0.5, 0.6) is 0 Å². The maximum atomic E-state index is 11.1. The third-order valence-corrected chi connectivity index (χ3v) is 1.96. The molecule has 15 heavy (non-hydrogen) atoms. The van der Waals surface area contributed by atoms with Crippen LogP contribution >= 0.6 is 0 Å². The summed E-state index contributed by atoms with van der Waals surface area (Å²) in [7, 11) is 1.16. The third kappa shape index (κ3) is 3.05. The van der Waals surface area contributed by atoms with Crippen molar-refractivity contribution >= 4 is 11.9 Å². The molecule has 80 valence electrons. The standard InChI is InChI=1S/C10H12N2O3/c1-7-3-4-11-5-8(7)6-12-9(13)10(14)15-2/h3-5H,6H2,1-2H3,(H,12,13). The fraction of sp³-hybridized carbons (Fsp3) is 0.300. The monoisotopic (exact) mass is 208 g/mol. The minimum absolute atomic E-state index is 0.271. The summed E-state index contributed by atoms with van der Waals surface area (Å²) >= 11 is 0. The number of esters is 1. The van der Waals surface area contributed by atoms with Crippen LogP contribution in [-0.2, 0) is 20.9 Å². The van der Waals surface area contributed by atoms with Crippen LogP contribution in [0.4, 0.5) is 0 Å². The average molecular weight is 208 g/mol. The summed E-state index contributed by atoms with van der Waals surface area (Å²) in [5, 5.41) is 2.44. The van der Waals surface area contributed by atoms with E-state index in [1.165, 1.54) is 0 Å². The highest BCUT2D eigenvalue weighted by molar-refractivity contribution is 6.32. The summed E-state index contributed by atoms with van der Waals surface area (Å²) in [6.45, 7) is 2.18. The number of hydrogen-bond acceptors (Lipinski definition) is 4. The van der Waals surface area contributed by atoms with Gasteiger partial charge in [0.15, 0.2) is 0 Å². The lowest BCUT2D eigenvalue weighted by molar-refractivity contribution is -0.152. The Labute approximate surface area is 87.5 Å². The van der Waals surface area contributed by atoms with E-state index in [-0.39, 0.29) is 6.54 Å². The van der Waals surface area contributed by atoms with Gasteiger partial charge in [0.2, 0.25) is 0 Å². The number of aromatic nitrogens is 1. The number of carbonyl (C=O) groups excluding carboxylic acids is 2. The van der Waals surface area contributed by atoms with Gasteiger partial charge < -0.3 is 10.1 Å². The van der Waals surface area contributed by atoms with E-state index in [4.69, 9.17) is 0 Å². The Hall–Kier alpha value is -1.91. The number of methoxy groups -OCH3 is 1. The van der Waals surface area contributed by atoms with Gasteiger partial charge in [0.25, 0.3) is 0 Å². The van der Waals surface area contributed by atoms with Crippen LogP contribution in [0.15, 0.2) is 18.5 Å². The SMILES string of the molecule is COC(=O)C(=O)NCc1cnccc1C. The molecule has 0 saturated heterocycles. The lowest BCUT2D eigenvalue weighted by Crippen LogP contribution is -2.31. The average Bonchev–Trinajstić information content (AvgIpc) is 2.26. The van der Waals surface area contributed by atoms with Crippen LogP contribution in [-0.4, -0.2) is 24.0 Å². The van der Waals surface area contributed by atoms with Crippen LogP contribution in [0.3, 0.4) is 0 Å². The molecule has 5 heteroatoms. The lowest BCUT2D eigenvalue weighted by Gasteiger charge is -2.05. The number of rotatable bonds is 2. The summed E-state index contributed by atoms with van der Waals surface area (Å²) in [4.78, 5) is 25.7. The Balaban J connectivity index is 2.54. The van der Waals surface area contributed by atoms with E-state index in [9.17, 15) is 9.59 Å². The van der Waals surface area contributed by atoms with E-state index in [0.717, 1.165) is 18.2 Å². The number of pyridine rings is 1. The predicted octanol–water partition coefficient (Wildman–Crippen LogP) is 0.179. The first kappa shape index (κ1) is 11.2. The van der Waals surface area contributed by atoms with Gasteiger partial charge in [-0.15, -0.1) is 0 Å². The van der Waals surface area contributed by atoms with Gasteiger partial charge in [-0.05, 0) is 24.1 Å². The molecule has 1 aromatic heterocycles. The summed E-state index contributed by atoms with van der Waals surface area (Å²) in [6, 6.07) is 1.83. The zero-order chi connectivity index (χ0) is 11.3. The first-order chi connectivity index (χ1) is 7.15. The summed E-state index contributed by atoms with van der Waals surface area (Å²) < 4.78 is 4.26. The Morgan fingerprint density at radius 1 is 1.53 bits per heavy atom. The highest BCUT2D eigenvalue weighted by atomic mass is 16.5. The van der Waals surface area contributed by atoms with E-state index in [1.807, 2.05) is 13.0 Å². The Morgan fingerprint density at radius 3 is 2.87 bits per heavy atom. The molecule has 1 amide bonds. The minimum atomic E-state index is -0.892. The van der Waals surface area contributed by atoms with Gasteiger partial charge in [-0.2, -0.15) is 0 Å². The highest BCUT2D eigenvalue weighted by Gasteiger charge is 2.12. The Morgan fingerprint density at radius 2 is 2.27 bits per heavy atom. The fourth-order valence-corrected chi connectivity index (χ4v) is 1.02. The number of nitrogens with one attached hydrogen (secondary N) is 1. The van der Waals surface area contributed by atoms with Crippen LogP contribution in [0.2, 0.25) is 0 Å². The van der Waals surface area contributed by atoms with Crippen molar-refractivity contribution in [2.75, 3.05) is 7.11 Å². The number of hydrogen-bond donors (Lipinski definition) is 1. The van der Waals surface area contributed by atoms with Gasteiger partial charge >= 0.3 is 11.9 Å². The van der Waals surface area contributed by atoms with Crippen molar-refractivity contribution in [3.8, 4) is 0 Å². The molecular formula is C10H12N2O3. The molecule has 1 heterocycles. The summed E-state index contributed by atoms with van der Waals surface area (Å²) in [6.07, 6.45) is 3.31. The first-order valence-corrected chi connectivity index (χ1v) is 4.40. The summed E-state index contributed by atoms with van der Waals surface area (Å²) in [5.41, 5.74) is 1.88. The van der Waals surface area contributed by atoms with Gasteiger partial charge in [-0.1, -0.05) is 0 Å². The number of ether oxygens (including phenoxy) is 1. The van der Waals surface area contributed by atoms with Gasteiger partial charge in [0.05, 0.1) is 7.11 Å². The van der Waals surface area contributed by atoms with E-state index in [1.54, 1.807) is 12.4 Å². The smallest absolute Gasteiger partial charge is 0.396 e. The van der Waals surface area contributed by atoms with Crippen molar-refractivity contribution in [3.05, 3.63) is 29.6 Å². The molecule has 0 spiro atoms. The molecular weight excluding hydrogens is 196 g/mol. The fourth-order valence-electron chi connectivity index (χ4n) is 1.02. The second-order valence-electron chi connectivity index (χ2n) is 2.98. The van der Waals surface area contributed by atoms with Crippen molar-refractivity contribution in [2.24, 2.45) is 0 Å². The Bertz CT molecular complexity index is 377. The maximum absolute atomic E-state index is 11.1. The second-order valence-corrected chi connectivity index (χ2v) is 2.98. The molecule has 0 bridgehead atoms. The van der Waals surface area contributed by atoms with Crippen molar-refractivity contribution < 1.29 is 14.3 Å². The normalized spacial score (nSPS) is 9.47. The van der Waals surface area contributed by atoms with E-state index < -0.39 is 11.9 Å². The molecule has 0 radical (unpaired) electrons. The van der Waals surface area contributed by atoms with Crippen LogP contribution in [0.1, 0.15) is 11.1 Å². The molecule has 1 aromatic rings. The number of carbonyl (C=O) groups is 2. The van der Waals surface area contributed by atoms with Gasteiger partial charge in [0.1, 0.15) is 0 Å². The van der Waals surface area contributed by atoms with Crippen molar-refractivity contribution in [2.45, 2.75) is 13.5 Å². The Kier molecular flexibility index (Phi) is 3.79. The quantitative estimate of drug-likeness (QED) is 0.556. The first-order valence-electron chi connectivity index (χ1n) is 4.40. The zero-order valence-corrected chi connectivity index (χ0v) is 8.61. The van der Waals surface area contributed by atoms with Crippen LogP contribution in [0.25, 0.3) is 0 Å². The molecule has 1 N–H and O–H groups in total. The van der Waals surface area contributed by atoms with E-state index in [2.05, 4.69) is 15.0 Å². The molecule has 1 rings (SSSR count). The molecule has 0 atom stereocenters. The van der Waals surface area contributed by atoms with E-state index >= 15 is 0 Å². The van der Waals surface area contributed by atoms with Crippen LogP contribution in [0, 0.1) is 6.92 Å². The molecule has 0 saturated carbocycles. The van der Waals surface area contributed by atoms with Gasteiger partial charge in [-0.3, -0.25) is 9.78 Å². The predicted molar refractivity (Wildman–Crippen MR) is 52.8 cm³/mol. The maximum Gasteiger partial charge on any atom is 0.396 e. The van der Waals surface area contributed by atoms with Gasteiger partial charge in [0, 0.05) is 18.9 Å². The minimum Gasteiger partial charge on any atom is -0.462 e. The van der Waals surface area contributed by atoms with E-state index in [0.29, 0.717) is 0 Å². The summed E-state index contributed by atoms with van der Waals surface area (Å²) in [5.74, 6) is -1.64. The number of aryl methyl sites for hydroxylation is 1. The van der Waals surface area contributed by atoms with Crippen molar-refractivity contribution in [3.63, 3.8) is 0 Å². The van der Waals surface area contributed by atoms with Crippen LogP contribution < -0.4 is 5.32 Å². The second kappa shape index (κ2) is 5.09. The molecule has 0 aliphatic heterocycles. The molecule has 0 aliphatic carbocycles. The van der Waals surface area contributed by atoms with Gasteiger partial charge in [-0.25, -0.2) is 4.79 Å². The number of amides is 1. The number of nitrogens with zero attached hydrogens (tertiary/aromatic N) is 1. The molecule has 5 nitrogen and oxygen atoms in total. The zero-order valence-electron chi connectivity index (χ0n) is 8.61. The lowest BCUT2D eigenvalue weighted by atomic mass is 10.1. The topological polar surface area (TPSA) is 68.3 Å². The highest BCUT2D eigenvalue weighted by Crippen LogP contribution is 2.03.